The van der Waals surface area contributed by atoms with Gasteiger partial charge in [-0.1, -0.05) is 23.7 Å². The minimum Gasteiger partial charge on any atom is -0.432 e. The fourth-order valence-electron chi connectivity index (χ4n) is 2.18. The summed E-state index contributed by atoms with van der Waals surface area (Å²) in [5.41, 5.74) is 0.798. The summed E-state index contributed by atoms with van der Waals surface area (Å²) in [5.74, 6) is 0.320. The van der Waals surface area contributed by atoms with Crippen molar-refractivity contribution in [3.63, 3.8) is 0 Å². The van der Waals surface area contributed by atoms with Crippen LogP contribution in [-0.2, 0) is 0 Å². The van der Waals surface area contributed by atoms with Crippen molar-refractivity contribution >= 4 is 17.5 Å². The van der Waals surface area contributed by atoms with E-state index in [2.05, 4.69) is 15.6 Å². The molecule has 6 heteroatoms. The van der Waals surface area contributed by atoms with Crippen LogP contribution in [0.3, 0.4) is 0 Å². The molecule has 3 rings (SSSR count). The van der Waals surface area contributed by atoms with Crippen LogP contribution in [0, 0.1) is 0 Å². The molecule has 104 valence electrons. The molecule has 20 heavy (non-hydrogen) atoms. The average Bonchev–Trinajstić information content (AvgIpc) is 3.09. The third kappa shape index (κ3) is 2.84. The highest BCUT2D eigenvalue weighted by molar-refractivity contribution is 6.30. The van der Waals surface area contributed by atoms with Gasteiger partial charge in [-0.25, -0.2) is 4.98 Å². The Morgan fingerprint density at radius 3 is 3.15 bits per heavy atom. The Balaban J connectivity index is 1.74. The lowest BCUT2D eigenvalue weighted by Gasteiger charge is -2.08. The molecule has 1 fully saturated rings. The van der Waals surface area contributed by atoms with Crippen LogP contribution in [-0.4, -0.2) is 30.0 Å². The smallest absolute Gasteiger partial charge is 0.307 e. The molecule has 2 aromatic rings. The number of hydrogen-bond donors (Lipinski definition) is 2. The molecule has 2 N–H and O–H groups in total. The standard InChI is InChI=1S/C14H14ClN3O2/c15-10-3-1-2-9(6-10)12-8-17-14(20-12)13(19)18-11-4-5-16-7-11/h1-3,6,8,11,16H,4-5,7H2,(H,18,19). The molecule has 0 aliphatic carbocycles. The van der Waals surface area contributed by atoms with E-state index in [1.165, 1.54) is 6.20 Å². The van der Waals surface area contributed by atoms with Gasteiger partial charge in [0.15, 0.2) is 5.76 Å². The van der Waals surface area contributed by atoms with E-state index in [1.54, 1.807) is 12.1 Å². The van der Waals surface area contributed by atoms with Crippen LogP contribution in [0.25, 0.3) is 11.3 Å². The Hall–Kier alpha value is -1.85. The van der Waals surface area contributed by atoms with Crippen LogP contribution in [0.1, 0.15) is 17.1 Å². The zero-order chi connectivity index (χ0) is 13.9. The summed E-state index contributed by atoms with van der Waals surface area (Å²) < 4.78 is 5.49. The van der Waals surface area contributed by atoms with E-state index >= 15 is 0 Å². The van der Waals surface area contributed by atoms with Crippen molar-refractivity contribution in [2.75, 3.05) is 13.1 Å². The predicted octanol–water partition coefficient (Wildman–Crippen LogP) is 2.09. The molecule has 1 aliphatic rings. The van der Waals surface area contributed by atoms with Crippen molar-refractivity contribution in [1.29, 1.82) is 0 Å². The number of hydrogen-bond acceptors (Lipinski definition) is 4. The van der Waals surface area contributed by atoms with Gasteiger partial charge in [0.2, 0.25) is 0 Å². The molecule has 0 bridgehead atoms. The maximum absolute atomic E-state index is 12.0. The Bertz CT molecular complexity index is 620. The zero-order valence-electron chi connectivity index (χ0n) is 10.7. The van der Waals surface area contributed by atoms with Crippen LogP contribution < -0.4 is 10.6 Å². The number of amides is 1. The summed E-state index contributed by atoms with van der Waals surface area (Å²) in [7, 11) is 0. The molecule has 1 aliphatic heterocycles. The van der Waals surface area contributed by atoms with E-state index in [4.69, 9.17) is 16.0 Å². The maximum atomic E-state index is 12.0. The van der Waals surface area contributed by atoms with Gasteiger partial charge in [-0.05, 0) is 25.1 Å². The number of benzene rings is 1. The second-order valence-electron chi connectivity index (χ2n) is 4.70. The normalized spacial score (nSPS) is 18.1. The van der Waals surface area contributed by atoms with E-state index in [-0.39, 0.29) is 17.8 Å². The summed E-state index contributed by atoms with van der Waals surface area (Å²) in [6.07, 6.45) is 2.46. The predicted molar refractivity (Wildman–Crippen MR) is 75.7 cm³/mol. The molecule has 5 nitrogen and oxygen atoms in total. The van der Waals surface area contributed by atoms with Crippen LogP contribution >= 0.6 is 11.6 Å². The van der Waals surface area contributed by atoms with E-state index in [0.717, 1.165) is 25.1 Å². The van der Waals surface area contributed by atoms with Crippen molar-refractivity contribution in [2.24, 2.45) is 0 Å². The van der Waals surface area contributed by atoms with Crippen molar-refractivity contribution in [3.05, 3.63) is 41.4 Å². The molecule has 1 atom stereocenters. The monoisotopic (exact) mass is 291 g/mol. The molecule has 1 unspecified atom stereocenters. The molecule has 2 heterocycles. The van der Waals surface area contributed by atoms with E-state index in [0.29, 0.717) is 10.8 Å². The highest BCUT2D eigenvalue weighted by Crippen LogP contribution is 2.23. The Morgan fingerprint density at radius 2 is 2.40 bits per heavy atom. The van der Waals surface area contributed by atoms with Gasteiger partial charge < -0.3 is 15.1 Å². The van der Waals surface area contributed by atoms with Gasteiger partial charge in [0.1, 0.15) is 0 Å². The van der Waals surface area contributed by atoms with Gasteiger partial charge in [0.25, 0.3) is 5.89 Å². The number of aromatic nitrogens is 1. The lowest BCUT2D eigenvalue weighted by molar-refractivity contribution is 0.0906. The summed E-state index contributed by atoms with van der Waals surface area (Å²) in [6.45, 7) is 1.71. The maximum Gasteiger partial charge on any atom is 0.307 e. The third-order valence-electron chi connectivity index (χ3n) is 3.20. The average molecular weight is 292 g/mol. The van der Waals surface area contributed by atoms with Crippen molar-refractivity contribution in [2.45, 2.75) is 12.5 Å². The van der Waals surface area contributed by atoms with E-state index < -0.39 is 0 Å². The van der Waals surface area contributed by atoms with Gasteiger partial charge in [0.05, 0.1) is 6.20 Å². The number of nitrogens with one attached hydrogen (secondary N) is 2. The number of carbonyl (C=O) groups is 1. The summed E-state index contributed by atoms with van der Waals surface area (Å²) >= 11 is 5.93. The van der Waals surface area contributed by atoms with Gasteiger partial charge in [-0.2, -0.15) is 0 Å². The highest BCUT2D eigenvalue weighted by Gasteiger charge is 2.20. The molecular weight excluding hydrogens is 278 g/mol. The minimum absolute atomic E-state index is 0.0758. The van der Waals surface area contributed by atoms with Crippen LogP contribution in [0.2, 0.25) is 5.02 Å². The molecule has 1 aromatic heterocycles. The van der Waals surface area contributed by atoms with Crippen LogP contribution in [0.5, 0.6) is 0 Å². The van der Waals surface area contributed by atoms with E-state index in [9.17, 15) is 4.79 Å². The first-order valence-electron chi connectivity index (χ1n) is 6.46. The Labute approximate surface area is 121 Å². The van der Waals surface area contributed by atoms with Crippen molar-refractivity contribution in [1.82, 2.24) is 15.6 Å². The topological polar surface area (TPSA) is 67.2 Å². The first-order valence-corrected chi connectivity index (χ1v) is 6.83. The van der Waals surface area contributed by atoms with Gasteiger partial charge in [0, 0.05) is 23.2 Å². The van der Waals surface area contributed by atoms with Crippen molar-refractivity contribution < 1.29 is 9.21 Å². The quantitative estimate of drug-likeness (QED) is 0.909. The lowest BCUT2D eigenvalue weighted by atomic mass is 10.2. The number of halogens is 1. The molecule has 1 aromatic carbocycles. The number of carbonyl (C=O) groups excluding carboxylic acids is 1. The largest absolute Gasteiger partial charge is 0.432 e. The van der Waals surface area contributed by atoms with Crippen LogP contribution in [0.4, 0.5) is 0 Å². The van der Waals surface area contributed by atoms with Gasteiger partial charge >= 0.3 is 5.91 Å². The van der Waals surface area contributed by atoms with Crippen LogP contribution in [0.15, 0.2) is 34.9 Å². The second kappa shape index (κ2) is 5.64. The molecule has 0 spiro atoms. The third-order valence-corrected chi connectivity index (χ3v) is 3.44. The number of rotatable bonds is 3. The molecule has 0 radical (unpaired) electrons. The lowest BCUT2D eigenvalue weighted by Crippen LogP contribution is -2.36. The highest BCUT2D eigenvalue weighted by atomic mass is 35.5. The van der Waals surface area contributed by atoms with E-state index in [1.807, 2.05) is 12.1 Å². The second-order valence-corrected chi connectivity index (χ2v) is 5.14. The molecule has 1 saturated heterocycles. The zero-order valence-corrected chi connectivity index (χ0v) is 11.5. The Morgan fingerprint density at radius 1 is 1.50 bits per heavy atom. The fraction of sp³-hybridized carbons (Fsp3) is 0.286. The first kappa shape index (κ1) is 13.1. The number of oxazole rings is 1. The number of nitrogens with zero attached hydrogens (tertiary/aromatic N) is 1. The summed E-state index contributed by atoms with van der Waals surface area (Å²) in [4.78, 5) is 16.0. The minimum atomic E-state index is -0.285. The van der Waals surface area contributed by atoms with Crippen molar-refractivity contribution in [3.8, 4) is 11.3 Å². The summed E-state index contributed by atoms with van der Waals surface area (Å²) in [6, 6.07) is 7.37. The Kier molecular flexibility index (Phi) is 3.71. The SMILES string of the molecule is O=C(NC1CCNC1)c1ncc(-c2cccc(Cl)c2)o1. The molecule has 1 amide bonds. The summed E-state index contributed by atoms with van der Waals surface area (Å²) in [5, 5.41) is 6.69. The molecule has 0 saturated carbocycles. The molecular formula is C14H14ClN3O2. The van der Waals surface area contributed by atoms with Gasteiger partial charge in [-0.3, -0.25) is 4.79 Å². The van der Waals surface area contributed by atoms with Gasteiger partial charge in [-0.15, -0.1) is 0 Å². The fourth-order valence-corrected chi connectivity index (χ4v) is 2.37. The first-order chi connectivity index (χ1) is 9.72.